The van der Waals surface area contributed by atoms with Crippen LogP contribution >= 0.6 is 11.6 Å². The van der Waals surface area contributed by atoms with Crippen LogP contribution in [0.15, 0.2) is 59.5 Å². The Labute approximate surface area is 204 Å². The van der Waals surface area contributed by atoms with E-state index in [0.717, 1.165) is 41.4 Å². The second-order valence-corrected chi connectivity index (χ2v) is 8.77. The summed E-state index contributed by atoms with van der Waals surface area (Å²) < 4.78 is 41.2. The first kappa shape index (κ1) is 24.8. The van der Waals surface area contributed by atoms with E-state index in [1.165, 1.54) is 0 Å². The van der Waals surface area contributed by atoms with E-state index in [2.05, 4.69) is 10.3 Å². The number of pyridine rings is 1. The van der Waals surface area contributed by atoms with Crippen LogP contribution in [0.4, 0.5) is 13.2 Å². The molecule has 1 amide bonds. The molecule has 184 valence electrons. The number of halogens is 4. The van der Waals surface area contributed by atoms with Gasteiger partial charge in [-0.3, -0.25) is 14.9 Å². The number of benzene rings is 2. The average molecular weight is 506 g/mol. The molecule has 2 atom stereocenters. The maximum atomic E-state index is 13.7. The third kappa shape index (κ3) is 4.92. The summed E-state index contributed by atoms with van der Waals surface area (Å²) in [7, 11) is 0. The first-order valence-electron chi connectivity index (χ1n) is 11.0. The largest absolute Gasteiger partial charge is 0.503 e. The van der Waals surface area contributed by atoms with Crippen LogP contribution in [0.5, 0.6) is 5.75 Å². The van der Waals surface area contributed by atoms with Crippen molar-refractivity contribution < 1.29 is 23.1 Å². The van der Waals surface area contributed by atoms with Gasteiger partial charge in [0.25, 0.3) is 5.91 Å². The van der Waals surface area contributed by atoms with Crippen LogP contribution in [0.3, 0.4) is 0 Å². The van der Waals surface area contributed by atoms with Crippen molar-refractivity contribution in [3.05, 3.63) is 97.9 Å². The van der Waals surface area contributed by atoms with Crippen molar-refractivity contribution >= 4 is 17.5 Å². The maximum Gasteiger partial charge on any atom is 0.408 e. The van der Waals surface area contributed by atoms with Crippen LogP contribution in [0.2, 0.25) is 5.02 Å². The average Bonchev–Trinajstić information content (AvgIpc) is 2.98. The van der Waals surface area contributed by atoms with Crippen molar-refractivity contribution in [1.29, 1.82) is 0 Å². The summed E-state index contributed by atoms with van der Waals surface area (Å²) in [6.45, 7) is 0.338. The SMILES string of the molecule is C[C@@H](N(CN[C@@H]1c2ccccc2CCc2c(Cl)cccc21)C(=O)c1[nH]ccc(=O)c1O)C(F)(F)F. The van der Waals surface area contributed by atoms with E-state index in [-0.39, 0.29) is 0 Å². The Balaban J connectivity index is 1.74. The minimum atomic E-state index is -4.75. The van der Waals surface area contributed by atoms with E-state index in [4.69, 9.17) is 11.6 Å². The molecule has 0 saturated carbocycles. The number of carbonyl (C=O) groups excluding carboxylic acids is 1. The summed E-state index contributed by atoms with van der Waals surface area (Å²) in [6, 6.07) is 11.2. The molecular formula is C25H23ClF3N3O3. The van der Waals surface area contributed by atoms with Crippen LogP contribution in [-0.2, 0) is 12.8 Å². The fourth-order valence-corrected chi connectivity index (χ4v) is 4.61. The van der Waals surface area contributed by atoms with Gasteiger partial charge in [-0.15, -0.1) is 0 Å². The number of aryl methyl sites for hydroxylation is 1. The number of nitrogens with one attached hydrogen (secondary N) is 2. The molecule has 0 aliphatic heterocycles. The Kier molecular flexibility index (Phi) is 6.91. The summed E-state index contributed by atoms with van der Waals surface area (Å²) in [5, 5.41) is 13.7. The van der Waals surface area contributed by atoms with E-state index in [1.54, 1.807) is 12.1 Å². The van der Waals surface area contributed by atoms with Crippen molar-refractivity contribution in [2.45, 2.75) is 38.0 Å². The van der Waals surface area contributed by atoms with Crippen molar-refractivity contribution in [1.82, 2.24) is 15.2 Å². The normalized spacial score (nSPS) is 16.1. The number of alkyl halides is 3. The number of amides is 1. The molecule has 3 aromatic rings. The lowest BCUT2D eigenvalue weighted by atomic mass is 9.94. The first-order valence-corrected chi connectivity index (χ1v) is 11.3. The van der Waals surface area contributed by atoms with Crippen LogP contribution in [-0.4, -0.2) is 39.8 Å². The number of hydrogen-bond donors (Lipinski definition) is 3. The fraction of sp³-hybridized carbons (Fsp3) is 0.280. The van der Waals surface area contributed by atoms with Gasteiger partial charge in [0.05, 0.1) is 12.7 Å². The van der Waals surface area contributed by atoms with Crippen molar-refractivity contribution in [3.8, 4) is 5.75 Å². The maximum absolute atomic E-state index is 13.7. The minimum absolute atomic E-state index is 0.513. The Morgan fingerprint density at radius 1 is 1.17 bits per heavy atom. The first-order chi connectivity index (χ1) is 16.6. The topological polar surface area (TPSA) is 85.4 Å². The number of fused-ring (bicyclic) bond motifs is 2. The van der Waals surface area contributed by atoms with Crippen LogP contribution in [0, 0.1) is 0 Å². The summed E-state index contributed by atoms with van der Waals surface area (Å²) in [4.78, 5) is 27.9. The molecule has 0 fully saturated rings. The lowest BCUT2D eigenvalue weighted by Crippen LogP contribution is -2.51. The second-order valence-electron chi connectivity index (χ2n) is 8.36. The standard InChI is InChI=1S/C25H23ClF3N3O3/c1-14(25(27,28)29)32(24(35)22-23(34)20(33)11-12-30-22)13-31-21-16-6-3-2-5-15(16)9-10-17-18(21)7-4-8-19(17)26/h2-8,11-12,14,21,31,34H,9-10,13H2,1H3,(H,30,33)/t14-,21-/m1/s1. The van der Waals surface area contributed by atoms with Crippen molar-refractivity contribution in [2.75, 3.05) is 6.67 Å². The molecule has 0 saturated heterocycles. The predicted octanol–water partition coefficient (Wildman–Crippen LogP) is 4.56. The Bertz CT molecular complexity index is 1310. The Morgan fingerprint density at radius 2 is 1.89 bits per heavy atom. The van der Waals surface area contributed by atoms with Gasteiger partial charge < -0.3 is 15.0 Å². The number of H-pyrrole nitrogens is 1. The zero-order valence-electron chi connectivity index (χ0n) is 18.7. The highest BCUT2D eigenvalue weighted by Crippen LogP contribution is 2.36. The van der Waals surface area contributed by atoms with Gasteiger partial charge in [0, 0.05) is 17.3 Å². The summed E-state index contributed by atoms with van der Waals surface area (Å²) in [5.74, 6) is -2.10. The molecule has 1 heterocycles. The molecule has 2 aromatic carbocycles. The molecule has 0 spiro atoms. The molecule has 35 heavy (non-hydrogen) atoms. The Morgan fingerprint density at radius 3 is 2.63 bits per heavy atom. The highest BCUT2D eigenvalue weighted by atomic mass is 35.5. The summed E-state index contributed by atoms with van der Waals surface area (Å²) in [5.41, 5.74) is 2.10. The fourth-order valence-electron chi connectivity index (χ4n) is 4.33. The van der Waals surface area contributed by atoms with Crippen LogP contribution in [0.1, 0.15) is 45.7 Å². The van der Waals surface area contributed by atoms with E-state index < -0.39 is 47.7 Å². The lowest BCUT2D eigenvalue weighted by molar-refractivity contribution is -0.172. The van der Waals surface area contributed by atoms with Crippen molar-refractivity contribution in [3.63, 3.8) is 0 Å². The number of aromatic amines is 1. The predicted molar refractivity (Wildman–Crippen MR) is 126 cm³/mol. The molecule has 1 aliphatic carbocycles. The minimum Gasteiger partial charge on any atom is -0.503 e. The van der Waals surface area contributed by atoms with Crippen LogP contribution in [0.25, 0.3) is 0 Å². The molecular weight excluding hydrogens is 483 g/mol. The lowest BCUT2D eigenvalue weighted by Gasteiger charge is -2.33. The summed E-state index contributed by atoms with van der Waals surface area (Å²) in [6.07, 6.45) is -2.29. The van der Waals surface area contributed by atoms with Gasteiger partial charge in [-0.05, 0) is 48.1 Å². The smallest absolute Gasteiger partial charge is 0.408 e. The number of rotatable bonds is 5. The number of hydrogen-bond acceptors (Lipinski definition) is 4. The molecule has 4 rings (SSSR count). The van der Waals surface area contributed by atoms with Gasteiger partial charge in [0.2, 0.25) is 5.43 Å². The number of aromatic hydroxyl groups is 1. The molecule has 1 aromatic heterocycles. The molecule has 1 aliphatic rings. The second kappa shape index (κ2) is 9.75. The number of carbonyl (C=O) groups is 1. The third-order valence-corrected chi connectivity index (χ3v) is 6.64. The van der Waals surface area contributed by atoms with E-state index in [0.29, 0.717) is 22.8 Å². The number of aromatic nitrogens is 1. The van der Waals surface area contributed by atoms with Crippen molar-refractivity contribution in [2.24, 2.45) is 0 Å². The molecule has 10 heteroatoms. The Hall–Kier alpha value is -3.30. The number of nitrogens with zero attached hydrogens (tertiary/aromatic N) is 1. The van der Waals surface area contributed by atoms with E-state index in [1.807, 2.05) is 30.3 Å². The van der Waals surface area contributed by atoms with Gasteiger partial charge in [0.15, 0.2) is 11.4 Å². The van der Waals surface area contributed by atoms with Crippen LogP contribution < -0.4 is 10.7 Å². The quantitative estimate of drug-likeness (QED) is 0.444. The highest BCUT2D eigenvalue weighted by molar-refractivity contribution is 6.31. The zero-order chi connectivity index (χ0) is 25.3. The molecule has 0 radical (unpaired) electrons. The highest BCUT2D eigenvalue weighted by Gasteiger charge is 2.43. The van der Waals surface area contributed by atoms with Gasteiger partial charge in [-0.25, -0.2) is 0 Å². The van der Waals surface area contributed by atoms with E-state index in [9.17, 15) is 27.9 Å². The molecule has 0 bridgehead atoms. The van der Waals surface area contributed by atoms with E-state index >= 15 is 0 Å². The molecule has 0 unspecified atom stereocenters. The summed E-state index contributed by atoms with van der Waals surface area (Å²) >= 11 is 6.46. The third-order valence-electron chi connectivity index (χ3n) is 6.29. The zero-order valence-corrected chi connectivity index (χ0v) is 19.5. The van der Waals surface area contributed by atoms with Gasteiger partial charge >= 0.3 is 6.18 Å². The molecule has 3 N–H and O–H groups in total. The van der Waals surface area contributed by atoms with Gasteiger partial charge in [-0.2, -0.15) is 13.2 Å². The molecule has 6 nitrogen and oxygen atoms in total. The van der Waals surface area contributed by atoms with Gasteiger partial charge in [-0.1, -0.05) is 48.0 Å². The van der Waals surface area contributed by atoms with Gasteiger partial charge in [0.1, 0.15) is 6.04 Å². The monoisotopic (exact) mass is 505 g/mol.